The summed E-state index contributed by atoms with van der Waals surface area (Å²) in [5.74, 6) is 5.85. The van der Waals surface area contributed by atoms with Crippen molar-refractivity contribution in [3.05, 3.63) is 62.4 Å². The third-order valence-electron chi connectivity index (χ3n) is 3.19. The van der Waals surface area contributed by atoms with Gasteiger partial charge in [-0.15, -0.1) is 0 Å². The molecular formula is C17H10Cl3NO2. The summed E-state index contributed by atoms with van der Waals surface area (Å²) in [5.41, 5.74) is 2.44. The highest BCUT2D eigenvalue weighted by molar-refractivity contribution is 6.36. The third kappa shape index (κ3) is 3.46. The van der Waals surface area contributed by atoms with Gasteiger partial charge in [0, 0.05) is 15.1 Å². The average molecular weight is 367 g/mol. The van der Waals surface area contributed by atoms with Crippen LogP contribution >= 0.6 is 34.8 Å². The number of nitrogens with zero attached hydrogens (tertiary/aromatic N) is 1. The van der Waals surface area contributed by atoms with Gasteiger partial charge in [0.15, 0.2) is 11.5 Å². The molecule has 0 bridgehead atoms. The molecule has 23 heavy (non-hydrogen) atoms. The van der Waals surface area contributed by atoms with Crippen LogP contribution in [0.15, 0.2) is 34.7 Å². The van der Waals surface area contributed by atoms with Crippen molar-refractivity contribution in [2.24, 2.45) is 0 Å². The summed E-state index contributed by atoms with van der Waals surface area (Å²) in [6.45, 7) is -0.246. The summed E-state index contributed by atoms with van der Waals surface area (Å²) < 4.78 is 5.79. The topological polar surface area (TPSA) is 46.3 Å². The molecule has 6 heteroatoms. The SMILES string of the molecule is OCC#Cc1cc(Cl)cc2nc(Cc3c(Cl)cccc3Cl)oc12. The van der Waals surface area contributed by atoms with Crippen LogP contribution in [0.5, 0.6) is 0 Å². The average Bonchev–Trinajstić information content (AvgIpc) is 2.91. The largest absolute Gasteiger partial charge is 0.439 e. The first-order valence-electron chi connectivity index (χ1n) is 6.70. The lowest BCUT2D eigenvalue weighted by Crippen LogP contribution is -1.90. The highest BCUT2D eigenvalue weighted by Gasteiger charge is 2.14. The Balaban J connectivity index is 2.07. The third-order valence-corrected chi connectivity index (χ3v) is 4.12. The molecule has 2 aromatic carbocycles. The Morgan fingerprint density at radius 3 is 2.57 bits per heavy atom. The molecular weight excluding hydrogens is 357 g/mol. The van der Waals surface area contributed by atoms with Gasteiger partial charge in [0.1, 0.15) is 12.1 Å². The summed E-state index contributed by atoms with van der Waals surface area (Å²) in [6, 6.07) is 8.68. The van der Waals surface area contributed by atoms with Crippen LogP contribution in [0, 0.1) is 11.8 Å². The Morgan fingerprint density at radius 2 is 1.87 bits per heavy atom. The van der Waals surface area contributed by atoms with Crippen molar-refractivity contribution in [2.45, 2.75) is 6.42 Å². The Kier molecular flexibility index (Phi) is 4.79. The summed E-state index contributed by atoms with van der Waals surface area (Å²) >= 11 is 18.4. The summed E-state index contributed by atoms with van der Waals surface area (Å²) in [5, 5.41) is 10.5. The summed E-state index contributed by atoms with van der Waals surface area (Å²) in [6.07, 6.45) is 0.359. The van der Waals surface area contributed by atoms with E-state index in [-0.39, 0.29) is 6.61 Å². The fourth-order valence-electron chi connectivity index (χ4n) is 2.20. The van der Waals surface area contributed by atoms with Crippen molar-refractivity contribution in [3.8, 4) is 11.8 Å². The number of benzene rings is 2. The van der Waals surface area contributed by atoms with E-state index in [4.69, 9.17) is 44.3 Å². The number of oxazole rings is 1. The molecule has 0 spiro atoms. The van der Waals surface area contributed by atoms with Crippen molar-refractivity contribution in [2.75, 3.05) is 6.61 Å². The van der Waals surface area contributed by atoms with Gasteiger partial charge in [-0.3, -0.25) is 0 Å². The predicted octanol–water partition coefficient (Wildman–Crippen LogP) is 4.72. The highest BCUT2D eigenvalue weighted by atomic mass is 35.5. The van der Waals surface area contributed by atoms with E-state index in [0.717, 1.165) is 5.56 Å². The molecule has 0 amide bonds. The van der Waals surface area contributed by atoms with E-state index in [0.29, 0.717) is 44.0 Å². The Hall–Kier alpha value is -1.70. The van der Waals surface area contributed by atoms with Gasteiger partial charge in [0.25, 0.3) is 0 Å². The van der Waals surface area contributed by atoms with E-state index < -0.39 is 0 Å². The molecule has 1 heterocycles. The molecule has 1 N–H and O–H groups in total. The van der Waals surface area contributed by atoms with E-state index in [9.17, 15) is 0 Å². The van der Waals surface area contributed by atoms with E-state index in [1.54, 1.807) is 30.3 Å². The van der Waals surface area contributed by atoms with E-state index in [1.165, 1.54) is 0 Å². The second kappa shape index (κ2) is 6.82. The molecule has 0 aliphatic rings. The quantitative estimate of drug-likeness (QED) is 0.667. The van der Waals surface area contributed by atoms with Crippen LogP contribution in [-0.2, 0) is 6.42 Å². The molecule has 3 nitrogen and oxygen atoms in total. The van der Waals surface area contributed by atoms with Crippen LogP contribution in [0.3, 0.4) is 0 Å². The normalized spacial score (nSPS) is 10.6. The standard InChI is InChI=1S/C17H10Cl3NO2/c18-11-7-10(3-2-6-22)17-15(8-11)21-16(23-17)9-12-13(19)4-1-5-14(12)20/h1,4-5,7-8,22H,6,9H2. The molecule has 1 aromatic heterocycles. The van der Waals surface area contributed by atoms with Crippen molar-refractivity contribution in [3.63, 3.8) is 0 Å². The first kappa shape index (κ1) is 16.2. The molecule has 0 radical (unpaired) electrons. The van der Waals surface area contributed by atoms with Crippen LogP contribution in [0.2, 0.25) is 15.1 Å². The zero-order valence-electron chi connectivity index (χ0n) is 11.7. The van der Waals surface area contributed by atoms with Crippen molar-refractivity contribution >= 4 is 45.9 Å². The fourth-order valence-corrected chi connectivity index (χ4v) is 2.94. The van der Waals surface area contributed by atoms with Crippen LogP contribution in [0.25, 0.3) is 11.1 Å². The van der Waals surface area contributed by atoms with Crippen LogP contribution in [0.4, 0.5) is 0 Å². The van der Waals surface area contributed by atoms with Crippen LogP contribution < -0.4 is 0 Å². The van der Waals surface area contributed by atoms with Gasteiger partial charge in [-0.1, -0.05) is 52.7 Å². The molecule has 3 aromatic rings. The first-order valence-corrected chi connectivity index (χ1v) is 7.83. The van der Waals surface area contributed by atoms with Gasteiger partial charge >= 0.3 is 0 Å². The molecule has 3 rings (SSSR count). The molecule has 0 fully saturated rings. The molecule has 0 saturated heterocycles. The molecule has 0 saturated carbocycles. The number of rotatable bonds is 2. The monoisotopic (exact) mass is 365 g/mol. The highest BCUT2D eigenvalue weighted by Crippen LogP contribution is 2.29. The smallest absolute Gasteiger partial charge is 0.200 e. The van der Waals surface area contributed by atoms with Gasteiger partial charge in [-0.25, -0.2) is 4.98 Å². The number of fused-ring (bicyclic) bond motifs is 1. The molecule has 0 aliphatic heterocycles. The lowest BCUT2D eigenvalue weighted by molar-refractivity contribution is 0.350. The van der Waals surface area contributed by atoms with Crippen LogP contribution in [0.1, 0.15) is 17.0 Å². The maximum Gasteiger partial charge on any atom is 0.200 e. The van der Waals surface area contributed by atoms with Crippen molar-refractivity contribution in [1.29, 1.82) is 0 Å². The maximum atomic E-state index is 8.85. The number of aliphatic hydroxyl groups is 1. The fraction of sp³-hybridized carbons (Fsp3) is 0.118. The number of aromatic nitrogens is 1. The van der Waals surface area contributed by atoms with Crippen LogP contribution in [-0.4, -0.2) is 16.7 Å². The zero-order chi connectivity index (χ0) is 16.4. The Bertz CT molecular complexity index is 918. The number of halogens is 3. The predicted molar refractivity (Wildman–Crippen MR) is 92.3 cm³/mol. The second-order valence-electron chi connectivity index (χ2n) is 4.75. The summed E-state index contributed by atoms with van der Waals surface area (Å²) in [4.78, 5) is 4.42. The van der Waals surface area contributed by atoms with Gasteiger partial charge in [-0.2, -0.15) is 0 Å². The van der Waals surface area contributed by atoms with Crippen molar-refractivity contribution < 1.29 is 9.52 Å². The first-order chi connectivity index (χ1) is 11.1. The van der Waals surface area contributed by atoms with Gasteiger partial charge in [-0.05, 0) is 29.8 Å². The number of hydrogen-bond donors (Lipinski definition) is 1. The van der Waals surface area contributed by atoms with Gasteiger partial charge in [0.05, 0.1) is 12.0 Å². The Labute approximate surface area is 147 Å². The molecule has 0 unspecified atom stereocenters. The lowest BCUT2D eigenvalue weighted by Gasteiger charge is -2.03. The van der Waals surface area contributed by atoms with Crippen molar-refractivity contribution in [1.82, 2.24) is 4.98 Å². The maximum absolute atomic E-state index is 8.85. The Morgan fingerprint density at radius 1 is 1.13 bits per heavy atom. The molecule has 116 valence electrons. The minimum Gasteiger partial charge on any atom is -0.439 e. The van der Waals surface area contributed by atoms with E-state index in [1.807, 2.05) is 0 Å². The van der Waals surface area contributed by atoms with Gasteiger partial charge < -0.3 is 9.52 Å². The number of hydrogen-bond acceptors (Lipinski definition) is 3. The molecule has 0 aliphatic carbocycles. The van der Waals surface area contributed by atoms with E-state index in [2.05, 4.69) is 16.8 Å². The van der Waals surface area contributed by atoms with Gasteiger partial charge in [0.2, 0.25) is 0 Å². The summed E-state index contributed by atoms with van der Waals surface area (Å²) in [7, 11) is 0. The molecule has 0 atom stereocenters. The second-order valence-corrected chi connectivity index (χ2v) is 6.00. The minimum atomic E-state index is -0.246. The number of aliphatic hydroxyl groups excluding tert-OH is 1. The lowest BCUT2D eigenvalue weighted by atomic mass is 10.1. The minimum absolute atomic E-state index is 0.246. The zero-order valence-corrected chi connectivity index (χ0v) is 14.0. The van der Waals surface area contributed by atoms with E-state index >= 15 is 0 Å².